The predicted molar refractivity (Wildman–Crippen MR) is 81.2 cm³/mol. The summed E-state index contributed by atoms with van der Waals surface area (Å²) in [6.45, 7) is 2.16. The monoisotopic (exact) mass is 285 g/mol. The van der Waals surface area contributed by atoms with Crippen molar-refractivity contribution in [1.29, 1.82) is 0 Å². The first-order chi connectivity index (χ1) is 9.76. The summed E-state index contributed by atoms with van der Waals surface area (Å²) in [7, 11) is 1.69. The average molecular weight is 285 g/mol. The van der Waals surface area contributed by atoms with E-state index in [2.05, 4.69) is 46.4 Å². The molecule has 0 bridgehead atoms. The molecule has 3 aromatic rings. The zero-order chi connectivity index (χ0) is 13.9. The molecule has 5 heteroatoms. The second-order valence-electron chi connectivity index (χ2n) is 4.52. The maximum Gasteiger partial charge on any atom is 0.183 e. The summed E-state index contributed by atoms with van der Waals surface area (Å²) in [5.41, 5.74) is 1.27. The van der Waals surface area contributed by atoms with E-state index in [1.807, 2.05) is 12.1 Å². The molecule has 0 aliphatic carbocycles. The highest BCUT2D eigenvalue weighted by Gasteiger charge is 2.10. The Kier molecular flexibility index (Phi) is 3.60. The summed E-state index contributed by atoms with van der Waals surface area (Å²) in [4.78, 5) is 4.15. The van der Waals surface area contributed by atoms with Crippen molar-refractivity contribution in [2.24, 2.45) is 0 Å². The number of benzene rings is 2. The van der Waals surface area contributed by atoms with Gasteiger partial charge in [0.15, 0.2) is 5.16 Å². The van der Waals surface area contributed by atoms with Crippen molar-refractivity contribution in [3.8, 4) is 5.75 Å². The van der Waals surface area contributed by atoms with Gasteiger partial charge >= 0.3 is 0 Å². The summed E-state index contributed by atoms with van der Waals surface area (Å²) in [6, 6.07) is 12.6. The molecule has 4 nitrogen and oxygen atoms in total. The van der Waals surface area contributed by atoms with Crippen LogP contribution in [-0.2, 0) is 0 Å². The van der Waals surface area contributed by atoms with Gasteiger partial charge in [0.2, 0.25) is 0 Å². The number of methoxy groups -OCH3 is 1. The smallest absolute Gasteiger partial charge is 0.183 e. The summed E-state index contributed by atoms with van der Waals surface area (Å²) < 4.78 is 5.25. The Labute approximate surface area is 121 Å². The molecule has 0 amide bonds. The first-order valence-electron chi connectivity index (χ1n) is 6.36. The minimum Gasteiger partial charge on any atom is -0.497 e. The normalized spacial score (nSPS) is 12.5. The van der Waals surface area contributed by atoms with Crippen LogP contribution in [0.3, 0.4) is 0 Å². The maximum atomic E-state index is 5.25. The third kappa shape index (κ3) is 2.63. The average Bonchev–Trinajstić information content (AvgIpc) is 2.99. The number of nitrogens with one attached hydrogen (secondary N) is 1. The van der Waals surface area contributed by atoms with Gasteiger partial charge in [-0.05, 0) is 35.4 Å². The first kappa shape index (κ1) is 13.0. The second kappa shape index (κ2) is 5.54. The van der Waals surface area contributed by atoms with E-state index in [1.165, 1.54) is 22.7 Å². The fourth-order valence-corrected chi connectivity index (χ4v) is 2.94. The quantitative estimate of drug-likeness (QED) is 0.740. The van der Waals surface area contributed by atoms with Gasteiger partial charge in [0.25, 0.3) is 0 Å². The van der Waals surface area contributed by atoms with Gasteiger partial charge in [0, 0.05) is 5.25 Å². The van der Waals surface area contributed by atoms with E-state index in [0.717, 1.165) is 10.9 Å². The van der Waals surface area contributed by atoms with E-state index in [1.54, 1.807) is 18.9 Å². The third-order valence-electron chi connectivity index (χ3n) is 3.22. The van der Waals surface area contributed by atoms with Crippen LogP contribution < -0.4 is 4.74 Å². The molecule has 102 valence electrons. The van der Waals surface area contributed by atoms with Gasteiger partial charge in [0.05, 0.1) is 7.11 Å². The Morgan fingerprint density at radius 1 is 1.15 bits per heavy atom. The van der Waals surface area contributed by atoms with E-state index in [-0.39, 0.29) is 0 Å². The lowest BCUT2D eigenvalue weighted by Crippen LogP contribution is -1.90. The fraction of sp³-hybridized carbons (Fsp3) is 0.200. The number of H-pyrrole nitrogens is 1. The molecular weight excluding hydrogens is 270 g/mol. The molecule has 1 unspecified atom stereocenters. The zero-order valence-corrected chi connectivity index (χ0v) is 12.1. The minimum atomic E-state index is 0.314. The van der Waals surface area contributed by atoms with Gasteiger partial charge in [-0.2, -0.15) is 5.10 Å². The Bertz CT molecular complexity index is 712. The van der Waals surface area contributed by atoms with Gasteiger partial charge in [-0.15, -0.1) is 0 Å². The van der Waals surface area contributed by atoms with Crippen molar-refractivity contribution >= 4 is 22.5 Å². The Hall–Kier alpha value is -2.01. The number of rotatable bonds is 4. The van der Waals surface area contributed by atoms with Crippen molar-refractivity contribution < 1.29 is 4.74 Å². The predicted octanol–water partition coefficient (Wildman–Crippen LogP) is 3.82. The number of hydrogen-bond donors (Lipinski definition) is 1. The van der Waals surface area contributed by atoms with Crippen molar-refractivity contribution in [3.05, 3.63) is 48.3 Å². The van der Waals surface area contributed by atoms with Crippen LogP contribution in [0, 0.1) is 0 Å². The largest absolute Gasteiger partial charge is 0.497 e. The molecule has 0 spiro atoms. The van der Waals surface area contributed by atoms with Crippen LogP contribution in [0.4, 0.5) is 0 Å². The standard InChI is InChI=1S/C15H15N3OS/c1-10(20-15-16-9-17-18-15)11-3-4-13-8-14(19-2)6-5-12(13)7-11/h3-10H,1-2H3,(H,16,17,18). The molecular formula is C15H15N3OS. The van der Waals surface area contributed by atoms with E-state index in [4.69, 9.17) is 4.74 Å². The Balaban J connectivity index is 1.88. The maximum absolute atomic E-state index is 5.25. The molecule has 20 heavy (non-hydrogen) atoms. The number of ether oxygens (including phenoxy) is 1. The summed E-state index contributed by atoms with van der Waals surface area (Å²) in [6.07, 6.45) is 1.53. The van der Waals surface area contributed by atoms with Gasteiger partial charge in [0.1, 0.15) is 12.1 Å². The fourth-order valence-electron chi connectivity index (χ4n) is 2.11. The van der Waals surface area contributed by atoms with Crippen molar-refractivity contribution in [2.75, 3.05) is 7.11 Å². The molecule has 3 rings (SSSR count). The van der Waals surface area contributed by atoms with Crippen LogP contribution in [0.5, 0.6) is 5.75 Å². The van der Waals surface area contributed by atoms with Crippen molar-refractivity contribution in [2.45, 2.75) is 17.3 Å². The number of fused-ring (bicyclic) bond motifs is 1. The topological polar surface area (TPSA) is 50.8 Å². The number of nitrogens with zero attached hydrogens (tertiary/aromatic N) is 2. The van der Waals surface area contributed by atoms with Crippen LogP contribution in [0.2, 0.25) is 0 Å². The van der Waals surface area contributed by atoms with Crippen LogP contribution in [0.1, 0.15) is 17.7 Å². The SMILES string of the molecule is COc1ccc2cc(C(C)Sc3ncn[nH]3)ccc2c1. The lowest BCUT2D eigenvalue weighted by Gasteiger charge is -2.11. The lowest BCUT2D eigenvalue weighted by molar-refractivity contribution is 0.415. The molecule has 0 saturated carbocycles. The molecule has 0 aliphatic heterocycles. The van der Waals surface area contributed by atoms with Gasteiger partial charge in [-0.3, -0.25) is 5.10 Å². The number of thioether (sulfide) groups is 1. The van der Waals surface area contributed by atoms with Gasteiger partial charge in [-0.1, -0.05) is 36.0 Å². The molecule has 2 aromatic carbocycles. The summed E-state index contributed by atoms with van der Waals surface area (Å²) in [5.74, 6) is 0.884. The second-order valence-corrected chi connectivity index (χ2v) is 5.85. The van der Waals surface area contributed by atoms with E-state index >= 15 is 0 Å². The number of aromatic amines is 1. The Morgan fingerprint density at radius 2 is 1.95 bits per heavy atom. The van der Waals surface area contributed by atoms with E-state index < -0.39 is 0 Å². The summed E-state index contributed by atoms with van der Waals surface area (Å²) in [5, 5.41) is 10.3. The molecule has 1 aromatic heterocycles. The molecule has 0 aliphatic rings. The van der Waals surface area contributed by atoms with Crippen LogP contribution in [0.15, 0.2) is 47.9 Å². The van der Waals surface area contributed by atoms with Crippen LogP contribution >= 0.6 is 11.8 Å². The first-order valence-corrected chi connectivity index (χ1v) is 7.24. The molecule has 0 fully saturated rings. The van der Waals surface area contributed by atoms with E-state index in [9.17, 15) is 0 Å². The van der Waals surface area contributed by atoms with Gasteiger partial charge in [-0.25, -0.2) is 4.98 Å². The van der Waals surface area contributed by atoms with Crippen molar-refractivity contribution in [1.82, 2.24) is 15.2 Å². The molecule has 1 N–H and O–H groups in total. The third-order valence-corrected chi connectivity index (χ3v) is 4.27. The highest BCUT2D eigenvalue weighted by atomic mass is 32.2. The highest BCUT2D eigenvalue weighted by Crippen LogP contribution is 2.34. The highest BCUT2D eigenvalue weighted by molar-refractivity contribution is 7.99. The minimum absolute atomic E-state index is 0.314. The molecule has 1 atom stereocenters. The van der Waals surface area contributed by atoms with E-state index in [0.29, 0.717) is 5.25 Å². The number of aromatic nitrogens is 3. The molecule has 0 radical (unpaired) electrons. The van der Waals surface area contributed by atoms with Crippen molar-refractivity contribution in [3.63, 3.8) is 0 Å². The Morgan fingerprint density at radius 3 is 2.70 bits per heavy atom. The molecule has 1 heterocycles. The zero-order valence-electron chi connectivity index (χ0n) is 11.3. The van der Waals surface area contributed by atoms with Crippen LogP contribution in [-0.4, -0.2) is 22.3 Å². The molecule has 0 saturated heterocycles. The van der Waals surface area contributed by atoms with Crippen LogP contribution in [0.25, 0.3) is 10.8 Å². The number of hydrogen-bond acceptors (Lipinski definition) is 4. The van der Waals surface area contributed by atoms with Gasteiger partial charge < -0.3 is 4.74 Å². The lowest BCUT2D eigenvalue weighted by atomic mass is 10.1. The summed E-state index contributed by atoms with van der Waals surface area (Å²) >= 11 is 1.67.